The Hall–Kier alpha value is -3.11. The van der Waals surface area contributed by atoms with Crippen molar-refractivity contribution in [3.63, 3.8) is 0 Å². The van der Waals surface area contributed by atoms with E-state index in [1.807, 2.05) is 4.90 Å². The van der Waals surface area contributed by atoms with Crippen molar-refractivity contribution in [1.29, 1.82) is 0 Å². The van der Waals surface area contributed by atoms with Gasteiger partial charge in [-0.1, -0.05) is 0 Å². The predicted molar refractivity (Wildman–Crippen MR) is 93.3 cm³/mol. The second kappa shape index (κ2) is 8.52. The van der Waals surface area contributed by atoms with E-state index in [-0.39, 0.29) is 35.5 Å². The summed E-state index contributed by atoms with van der Waals surface area (Å²) >= 11 is 0. The summed E-state index contributed by atoms with van der Waals surface area (Å²) in [5.41, 5.74) is -0.370. The molecule has 0 unspecified atom stereocenters. The number of carbonyl (C=O) groups is 1. The molecule has 0 atom stereocenters. The molecule has 3 rings (SSSR count). The number of hydrogen-bond donors (Lipinski definition) is 1. The standard InChI is InChI=1S/C17H17FN4O5/c18-14-9-12(22(24)25)1-2-15(14)27-13-3-4-19-16(10-13)20-17(23)11-21-5-7-26-8-6-21/h1-4,9-10H,5-8,11H2,(H,19,20,23). The molecule has 2 aromatic rings. The van der Waals surface area contributed by atoms with Gasteiger partial charge in [-0.15, -0.1) is 0 Å². The normalized spacial score (nSPS) is 14.6. The Labute approximate surface area is 153 Å². The van der Waals surface area contributed by atoms with Gasteiger partial charge >= 0.3 is 0 Å². The number of hydrogen-bond acceptors (Lipinski definition) is 7. The van der Waals surface area contributed by atoms with Crippen LogP contribution >= 0.6 is 0 Å². The third-order valence-corrected chi connectivity index (χ3v) is 3.82. The lowest BCUT2D eigenvalue weighted by molar-refractivity contribution is -0.385. The van der Waals surface area contributed by atoms with Crippen molar-refractivity contribution in [1.82, 2.24) is 9.88 Å². The highest BCUT2D eigenvalue weighted by Gasteiger charge is 2.15. The van der Waals surface area contributed by atoms with Gasteiger partial charge in [-0.2, -0.15) is 0 Å². The summed E-state index contributed by atoms with van der Waals surface area (Å²) in [7, 11) is 0. The van der Waals surface area contributed by atoms with Crippen LogP contribution in [-0.4, -0.2) is 53.6 Å². The Morgan fingerprint density at radius 2 is 2.11 bits per heavy atom. The van der Waals surface area contributed by atoms with E-state index in [9.17, 15) is 19.3 Å². The van der Waals surface area contributed by atoms with E-state index < -0.39 is 10.7 Å². The van der Waals surface area contributed by atoms with E-state index in [4.69, 9.17) is 9.47 Å². The number of amides is 1. The van der Waals surface area contributed by atoms with Gasteiger partial charge in [0, 0.05) is 31.4 Å². The van der Waals surface area contributed by atoms with Crippen LogP contribution in [0.4, 0.5) is 15.9 Å². The first-order valence-corrected chi connectivity index (χ1v) is 8.19. The average Bonchev–Trinajstić information content (AvgIpc) is 2.64. The minimum absolute atomic E-state index is 0.169. The number of nitro benzene ring substituents is 1. The predicted octanol–water partition coefficient (Wildman–Crippen LogP) is 2.19. The van der Waals surface area contributed by atoms with Crippen LogP contribution in [0.15, 0.2) is 36.5 Å². The zero-order chi connectivity index (χ0) is 19.2. The largest absolute Gasteiger partial charge is 0.454 e. The van der Waals surface area contributed by atoms with Gasteiger partial charge in [-0.25, -0.2) is 9.37 Å². The van der Waals surface area contributed by atoms with Crippen molar-refractivity contribution in [3.8, 4) is 11.5 Å². The summed E-state index contributed by atoms with van der Waals surface area (Å²) in [5, 5.41) is 13.3. The SMILES string of the molecule is O=C(CN1CCOCC1)Nc1cc(Oc2ccc([N+](=O)[O-])cc2F)ccn1. The van der Waals surface area contributed by atoms with Crippen molar-refractivity contribution in [2.45, 2.75) is 0 Å². The van der Waals surface area contributed by atoms with Crippen LogP contribution in [0, 0.1) is 15.9 Å². The first kappa shape index (κ1) is 18.7. The van der Waals surface area contributed by atoms with E-state index in [1.165, 1.54) is 24.4 Å². The van der Waals surface area contributed by atoms with E-state index in [1.54, 1.807) is 0 Å². The Kier molecular flexibility index (Phi) is 5.89. The quantitative estimate of drug-likeness (QED) is 0.608. The summed E-state index contributed by atoms with van der Waals surface area (Å²) in [5.74, 6) is -0.771. The van der Waals surface area contributed by atoms with Crippen LogP contribution in [0.2, 0.25) is 0 Å². The molecule has 1 aromatic heterocycles. The smallest absolute Gasteiger partial charge is 0.272 e. The number of nitrogens with one attached hydrogen (secondary N) is 1. The molecule has 2 heterocycles. The Bertz CT molecular complexity index is 842. The molecule has 1 aromatic carbocycles. The number of pyridine rings is 1. The topological polar surface area (TPSA) is 107 Å². The highest BCUT2D eigenvalue weighted by atomic mass is 19.1. The number of carbonyl (C=O) groups excluding carboxylic acids is 1. The van der Waals surface area contributed by atoms with Crippen LogP contribution in [-0.2, 0) is 9.53 Å². The fraction of sp³-hybridized carbons (Fsp3) is 0.294. The molecule has 1 amide bonds. The lowest BCUT2D eigenvalue weighted by Gasteiger charge is -2.25. The molecule has 1 N–H and O–H groups in total. The summed E-state index contributed by atoms with van der Waals surface area (Å²) < 4.78 is 24.6. The molecule has 0 bridgehead atoms. The number of rotatable bonds is 6. The Balaban J connectivity index is 1.63. The van der Waals surface area contributed by atoms with Crippen molar-refractivity contribution in [2.24, 2.45) is 0 Å². The maximum atomic E-state index is 13.9. The van der Waals surface area contributed by atoms with Gasteiger partial charge in [-0.3, -0.25) is 19.8 Å². The van der Waals surface area contributed by atoms with E-state index in [0.29, 0.717) is 26.3 Å². The third kappa shape index (κ3) is 5.19. The van der Waals surface area contributed by atoms with Crippen LogP contribution in [0.5, 0.6) is 11.5 Å². The number of morpholine rings is 1. The number of nitro groups is 1. The minimum atomic E-state index is -0.862. The van der Waals surface area contributed by atoms with Gasteiger partial charge in [0.25, 0.3) is 5.69 Å². The zero-order valence-corrected chi connectivity index (χ0v) is 14.3. The zero-order valence-electron chi connectivity index (χ0n) is 14.3. The van der Waals surface area contributed by atoms with Gasteiger partial charge in [0.2, 0.25) is 5.91 Å². The second-order valence-corrected chi connectivity index (χ2v) is 5.79. The van der Waals surface area contributed by atoms with E-state index in [2.05, 4.69) is 10.3 Å². The summed E-state index contributed by atoms with van der Waals surface area (Å²) in [6, 6.07) is 6.02. The molecule has 0 aliphatic carbocycles. The first-order chi connectivity index (χ1) is 13.0. The molecule has 0 radical (unpaired) electrons. The number of nitrogens with zero attached hydrogens (tertiary/aromatic N) is 3. The molecule has 1 aliphatic rings. The van der Waals surface area contributed by atoms with Crippen molar-refractivity contribution in [3.05, 3.63) is 52.5 Å². The number of anilines is 1. The molecular weight excluding hydrogens is 359 g/mol. The molecule has 27 heavy (non-hydrogen) atoms. The molecule has 142 valence electrons. The lowest BCUT2D eigenvalue weighted by Crippen LogP contribution is -2.41. The molecule has 1 aliphatic heterocycles. The van der Waals surface area contributed by atoms with Crippen LogP contribution in [0.1, 0.15) is 0 Å². The molecule has 10 heteroatoms. The summed E-state index contributed by atoms with van der Waals surface area (Å²) in [4.78, 5) is 28.1. The van der Waals surface area contributed by atoms with Crippen molar-refractivity contribution < 1.29 is 23.6 Å². The minimum Gasteiger partial charge on any atom is -0.454 e. The van der Waals surface area contributed by atoms with Gasteiger partial charge < -0.3 is 14.8 Å². The second-order valence-electron chi connectivity index (χ2n) is 5.79. The molecule has 1 saturated heterocycles. The number of benzene rings is 1. The fourth-order valence-electron chi connectivity index (χ4n) is 2.50. The molecule has 9 nitrogen and oxygen atoms in total. The van der Waals surface area contributed by atoms with Gasteiger partial charge in [0.15, 0.2) is 11.6 Å². The maximum absolute atomic E-state index is 13.9. The average molecular weight is 376 g/mol. The van der Waals surface area contributed by atoms with Gasteiger partial charge in [-0.05, 0) is 12.1 Å². The van der Waals surface area contributed by atoms with Gasteiger partial charge in [0.05, 0.1) is 30.7 Å². The van der Waals surface area contributed by atoms with Crippen LogP contribution < -0.4 is 10.1 Å². The molecule has 0 spiro atoms. The third-order valence-electron chi connectivity index (χ3n) is 3.82. The van der Waals surface area contributed by atoms with Crippen molar-refractivity contribution >= 4 is 17.4 Å². The maximum Gasteiger partial charge on any atom is 0.272 e. The van der Waals surface area contributed by atoms with Crippen LogP contribution in [0.25, 0.3) is 0 Å². The Morgan fingerprint density at radius 3 is 2.81 bits per heavy atom. The van der Waals surface area contributed by atoms with E-state index in [0.717, 1.165) is 12.1 Å². The number of non-ortho nitro benzene ring substituents is 1. The molecule has 0 saturated carbocycles. The number of halogens is 1. The molecule has 1 fully saturated rings. The number of aromatic nitrogens is 1. The highest BCUT2D eigenvalue weighted by molar-refractivity contribution is 5.91. The summed E-state index contributed by atoms with van der Waals surface area (Å²) in [6.45, 7) is 2.77. The Morgan fingerprint density at radius 1 is 1.33 bits per heavy atom. The first-order valence-electron chi connectivity index (χ1n) is 8.19. The monoisotopic (exact) mass is 376 g/mol. The molecular formula is C17H17FN4O5. The van der Waals surface area contributed by atoms with Crippen LogP contribution in [0.3, 0.4) is 0 Å². The van der Waals surface area contributed by atoms with E-state index >= 15 is 0 Å². The number of ether oxygens (including phenoxy) is 2. The summed E-state index contributed by atoms with van der Waals surface area (Å²) in [6.07, 6.45) is 1.41. The van der Waals surface area contributed by atoms with Crippen molar-refractivity contribution in [2.75, 3.05) is 38.2 Å². The van der Waals surface area contributed by atoms with Gasteiger partial charge in [0.1, 0.15) is 11.6 Å². The lowest BCUT2D eigenvalue weighted by atomic mass is 10.3. The highest BCUT2D eigenvalue weighted by Crippen LogP contribution is 2.28. The fourth-order valence-corrected chi connectivity index (χ4v) is 2.50.